The monoisotopic (exact) mass is 332 g/mol. The van der Waals surface area contributed by atoms with Crippen molar-refractivity contribution in [3.63, 3.8) is 0 Å². The molecule has 1 aliphatic rings. The minimum atomic E-state index is -0.949. The van der Waals surface area contributed by atoms with E-state index in [-0.39, 0.29) is 5.76 Å². The summed E-state index contributed by atoms with van der Waals surface area (Å²) in [6, 6.07) is 0. The van der Waals surface area contributed by atoms with Crippen LogP contribution in [0.2, 0.25) is 0 Å². The largest absolute Gasteiger partial charge is 0.425 e. The molecule has 0 saturated carbocycles. The number of hydrogen-bond donors (Lipinski definition) is 1. The number of carbonyl (C=O) groups is 1. The van der Waals surface area contributed by atoms with Crippen LogP contribution < -0.4 is 0 Å². The molecule has 3 heteroatoms. The first-order chi connectivity index (χ1) is 11.7. The van der Waals surface area contributed by atoms with Crippen LogP contribution in [-0.2, 0) is 9.53 Å². The normalized spacial score (nSPS) is 19.9. The van der Waals surface area contributed by atoms with Crippen LogP contribution in [0.25, 0.3) is 0 Å². The van der Waals surface area contributed by atoms with Crippen molar-refractivity contribution in [1.82, 2.24) is 0 Å². The van der Waals surface area contributed by atoms with E-state index in [1.165, 1.54) is 25.7 Å². The molecule has 0 aromatic rings. The van der Waals surface area contributed by atoms with Crippen LogP contribution >= 0.6 is 0 Å². The van der Waals surface area contributed by atoms with Crippen molar-refractivity contribution in [1.29, 1.82) is 0 Å². The number of ether oxygens (including phenoxy) is 1. The number of cyclic esters (lactones) is 1. The summed E-state index contributed by atoms with van der Waals surface area (Å²) in [4.78, 5) is 11.4. The molecule has 0 aliphatic carbocycles. The lowest BCUT2D eigenvalue weighted by Gasteiger charge is -1.99. The molecule has 1 fully saturated rings. The molecule has 1 saturated heterocycles. The quantitative estimate of drug-likeness (QED) is 0.226. The molecule has 134 valence electrons. The summed E-state index contributed by atoms with van der Waals surface area (Å²) in [5.41, 5.74) is 0.339. The topological polar surface area (TPSA) is 46.5 Å². The molecule has 0 aromatic carbocycles. The van der Waals surface area contributed by atoms with Gasteiger partial charge in [0.05, 0.1) is 5.57 Å². The first kappa shape index (κ1) is 20.4. The smallest absolute Gasteiger partial charge is 0.341 e. The highest BCUT2D eigenvalue weighted by Gasteiger charge is 2.32. The Morgan fingerprint density at radius 3 is 2.21 bits per heavy atom. The fourth-order valence-electron chi connectivity index (χ4n) is 2.57. The molecule has 24 heavy (non-hydrogen) atoms. The zero-order valence-corrected chi connectivity index (χ0v) is 15.0. The maximum Gasteiger partial charge on any atom is 0.341 e. The summed E-state index contributed by atoms with van der Waals surface area (Å²) in [5.74, 6) is -0.325. The van der Waals surface area contributed by atoms with Crippen molar-refractivity contribution < 1.29 is 14.6 Å². The molecule has 0 bridgehead atoms. The third kappa shape index (κ3) is 8.30. The summed E-state index contributed by atoms with van der Waals surface area (Å²) in [5, 5.41) is 9.70. The van der Waals surface area contributed by atoms with Crippen LogP contribution in [0.5, 0.6) is 0 Å². The van der Waals surface area contributed by atoms with E-state index in [4.69, 9.17) is 4.74 Å². The van der Waals surface area contributed by atoms with E-state index in [0.29, 0.717) is 5.57 Å². The van der Waals surface area contributed by atoms with E-state index in [1.807, 2.05) is 0 Å². The number of unbranched alkanes of at least 4 members (excludes halogenated alkanes) is 7. The van der Waals surface area contributed by atoms with Gasteiger partial charge in [0.1, 0.15) is 11.9 Å². The number of rotatable bonds is 12. The number of aliphatic hydroxyl groups is 1. The lowest BCUT2D eigenvalue weighted by Crippen LogP contribution is -2.07. The van der Waals surface area contributed by atoms with E-state index in [0.717, 1.165) is 38.5 Å². The minimum Gasteiger partial charge on any atom is -0.425 e. The van der Waals surface area contributed by atoms with Crippen molar-refractivity contribution >= 4 is 5.97 Å². The van der Waals surface area contributed by atoms with Gasteiger partial charge in [-0.25, -0.2) is 4.79 Å². The van der Waals surface area contributed by atoms with Crippen molar-refractivity contribution in [3.05, 3.63) is 48.3 Å². The van der Waals surface area contributed by atoms with Gasteiger partial charge in [-0.15, -0.1) is 0 Å². The highest BCUT2D eigenvalue weighted by molar-refractivity contribution is 5.93. The van der Waals surface area contributed by atoms with Gasteiger partial charge in [0.2, 0.25) is 0 Å². The average Bonchev–Trinajstić information content (AvgIpc) is 2.81. The number of aliphatic hydroxyl groups excluding tert-OH is 1. The van der Waals surface area contributed by atoms with Gasteiger partial charge in [-0.05, 0) is 44.9 Å². The second kappa shape index (κ2) is 12.8. The van der Waals surface area contributed by atoms with Gasteiger partial charge >= 0.3 is 5.97 Å². The molecule has 0 radical (unpaired) electrons. The lowest BCUT2D eigenvalue weighted by atomic mass is 10.1. The van der Waals surface area contributed by atoms with E-state index in [9.17, 15) is 9.90 Å². The molecular weight excluding hydrogens is 300 g/mol. The molecule has 0 aromatic heterocycles. The summed E-state index contributed by atoms with van der Waals surface area (Å²) >= 11 is 0. The summed E-state index contributed by atoms with van der Waals surface area (Å²) < 4.78 is 4.79. The zero-order chi connectivity index (χ0) is 17.6. The van der Waals surface area contributed by atoms with Crippen molar-refractivity contribution in [2.45, 2.75) is 77.2 Å². The zero-order valence-electron chi connectivity index (χ0n) is 15.0. The fourth-order valence-corrected chi connectivity index (χ4v) is 2.57. The molecule has 0 spiro atoms. The Morgan fingerprint density at radius 1 is 1.00 bits per heavy atom. The lowest BCUT2D eigenvalue weighted by molar-refractivity contribution is -0.132. The Hall–Kier alpha value is -1.61. The third-order valence-electron chi connectivity index (χ3n) is 4.08. The van der Waals surface area contributed by atoms with E-state index in [2.05, 4.69) is 37.8 Å². The number of allylic oxidation sites excluding steroid dienone is 5. The second-order valence-electron chi connectivity index (χ2n) is 6.23. The van der Waals surface area contributed by atoms with E-state index < -0.39 is 12.1 Å². The highest BCUT2D eigenvalue weighted by atomic mass is 16.6. The van der Waals surface area contributed by atoms with Gasteiger partial charge in [0, 0.05) is 0 Å². The Kier molecular flexibility index (Phi) is 10.9. The Bertz CT molecular complexity index is 471. The van der Waals surface area contributed by atoms with Crippen LogP contribution in [-0.4, -0.2) is 17.2 Å². The number of carbonyl (C=O) groups excluding carboxylic acids is 1. The predicted octanol–water partition coefficient (Wildman–Crippen LogP) is 5.38. The summed E-state index contributed by atoms with van der Waals surface area (Å²) in [6.45, 7) is 5.74. The van der Waals surface area contributed by atoms with Crippen molar-refractivity contribution in [2.75, 3.05) is 0 Å². The van der Waals surface area contributed by atoms with Crippen LogP contribution in [0.3, 0.4) is 0 Å². The molecular formula is C21H32O3. The van der Waals surface area contributed by atoms with E-state index >= 15 is 0 Å². The first-order valence-electron chi connectivity index (χ1n) is 9.26. The molecule has 1 rings (SSSR count). The highest BCUT2D eigenvalue weighted by Crippen LogP contribution is 2.23. The predicted molar refractivity (Wildman–Crippen MR) is 99.4 cm³/mol. The van der Waals surface area contributed by atoms with Gasteiger partial charge in [0.15, 0.2) is 0 Å². The van der Waals surface area contributed by atoms with Crippen LogP contribution in [0.1, 0.15) is 71.1 Å². The molecule has 3 nitrogen and oxygen atoms in total. The number of hydrogen-bond acceptors (Lipinski definition) is 3. The molecule has 1 atom stereocenters. The summed E-state index contributed by atoms with van der Waals surface area (Å²) in [7, 11) is 0. The minimum absolute atomic E-state index is 0.135. The van der Waals surface area contributed by atoms with Crippen molar-refractivity contribution in [3.8, 4) is 0 Å². The maximum absolute atomic E-state index is 11.4. The number of esters is 1. The van der Waals surface area contributed by atoms with Gasteiger partial charge in [0.25, 0.3) is 0 Å². The Balaban J connectivity index is 2.00. The molecule has 1 heterocycles. The van der Waals surface area contributed by atoms with Gasteiger partial charge < -0.3 is 9.84 Å². The van der Waals surface area contributed by atoms with Gasteiger partial charge in [-0.2, -0.15) is 0 Å². The third-order valence-corrected chi connectivity index (χ3v) is 4.08. The van der Waals surface area contributed by atoms with Crippen molar-refractivity contribution in [2.24, 2.45) is 0 Å². The Morgan fingerprint density at radius 2 is 1.62 bits per heavy atom. The van der Waals surface area contributed by atoms with Crippen LogP contribution in [0.4, 0.5) is 0 Å². The van der Waals surface area contributed by atoms with Crippen LogP contribution in [0.15, 0.2) is 48.3 Å². The fraction of sp³-hybridized carbons (Fsp3) is 0.571. The molecule has 0 unspecified atom stereocenters. The summed E-state index contributed by atoms with van der Waals surface area (Å²) in [6.07, 6.45) is 21.2. The van der Waals surface area contributed by atoms with Crippen LogP contribution in [0, 0.1) is 0 Å². The maximum atomic E-state index is 11.4. The first-order valence-corrected chi connectivity index (χ1v) is 9.26. The average molecular weight is 332 g/mol. The standard InChI is InChI=1S/C21H32O3/c1-3-4-5-6-7-8-9-10-11-12-13-14-15-16-17-19-20(22)18(2)24-21(19)23/h7-8,10-11,17,20,22H,2-6,9,12-16H2,1H3/b8-7-,11-10-,19-17-/t20-/m0/s1. The second-order valence-corrected chi connectivity index (χ2v) is 6.23. The van der Waals surface area contributed by atoms with Gasteiger partial charge in [-0.3, -0.25) is 0 Å². The Labute approximate surface area is 146 Å². The molecule has 1 N–H and O–H groups in total. The van der Waals surface area contributed by atoms with Gasteiger partial charge in [-0.1, -0.05) is 63.1 Å². The SMILES string of the molecule is C=C1OC(=O)/C(=C\CCCCC/C=C\C/C=C\CCCCC)[C@H]1O. The molecule has 0 amide bonds. The molecule has 1 aliphatic heterocycles. The van der Waals surface area contributed by atoms with E-state index in [1.54, 1.807) is 6.08 Å².